The molecule has 2 aromatic rings. The molecule has 0 saturated carbocycles. The van der Waals surface area contributed by atoms with Gasteiger partial charge in [-0.15, -0.1) is 0 Å². The lowest BCUT2D eigenvalue weighted by molar-refractivity contribution is -0.120. The van der Waals surface area contributed by atoms with Crippen molar-refractivity contribution in [3.05, 3.63) is 60.7 Å². The molecular weight excluding hydrogens is 324 g/mol. The van der Waals surface area contributed by atoms with Gasteiger partial charge in [0.1, 0.15) is 6.04 Å². The highest BCUT2D eigenvalue weighted by molar-refractivity contribution is 7.89. The van der Waals surface area contributed by atoms with Crippen LogP contribution in [0.4, 0.5) is 5.69 Å². The van der Waals surface area contributed by atoms with Gasteiger partial charge in [0.2, 0.25) is 15.9 Å². The number of para-hydroxylation sites is 1. The summed E-state index contributed by atoms with van der Waals surface area (Å²) in [6.07, 6.45) is 2.14. The predicted octanol–water partition coefficient (Wildman–Crippen LogP) is 2.87. The lowest BCUT2D eigenvalue weighted by Gasteiger charge is -2.33. The van der Waals surface area contributed by atoms with Gasteiger partial charge in [0.05, 0.1) is 4.90 Å². The van der Waals surface area contributed by atoms with Gasteiger partial charge < -0.3 is 5.32 Å². The van der Waals surface area contributed by atoms with Crippen molar-refractivity contribution in [2.45, 2.75) is 30.2 Å². The Bertz CT molecular complexity index is 792. The van der Waals surface area contributed by atoms with Crippen LogP contribution < -0.4 is 5.32 Å². The number of sulfonamides is 1. The number of piperidine rings is 1. The number of rotatable bonds is 4. The molecule has 2 aromatic carbocycles. The van der Waals surface area contributed by atoms with Gasteiger partial charge in [-0.05, 0) is 37.1 Å². The van der Waals surface area contributed by atoms with E-state index in [9.17, 15) is 13.2 Å². The van der Waals surface area contributed by atoms with Gasteiger partial charge in [-0.2, -0.15) is 4.31 Å². The second-order valence-corrected chi connectivity index (χ2v) is 7.69. The summed E-state index contributed by atoms with van der Waals surface area (Å²) in [6.45, 7) is 0.365. The van der Waals surface area contributed by atoms with E-state index in [0.29, 0.717) is 18.7 Å². The van der Waals surface area contributed by atoms with Crippen molar-refractivity contribution in [2.24, 2.45) is 0 Å². The Morgan fingerprint density at radius 1 is 0.958 bits per heavy atom. The largest absolute Gasteiger partial charge is 0.325 e. The fourth-order valence-corrected chi connectivity index (χ4v) is 4.61. The summed E-state index contributed by atoms with van der Waals surface area (Å²) in [6, 6.07) is 16.7. The first-order valence-corrected chi connectivity index (χ1v) is 9.46. The van der Waals surface area contributed by atoms with Crippen molar-refractivity contribution >= 4 is 21.6 Å². The highest BCUT2D eigenvalue weighted by Gasteiger charge is 2.37. The fraction of sp³-hybridized carbons (Fsp3) is 0.278. The average molecular weight is 344 g/mol. The van der Waals surface area contributed by atoms with E-state index in [2.05, 4.69) is 5.32 Å². The summed E-state index contributed by atoms with van der Waals surface area (Å²) in [5.74, 6) is -0.277. The predicted molar refractivity (Wildman–Crippen MR) is 93.0 cm³/mol. The third-order valence-electron chi connectivity index (χ3n) is 4.15. The first-order chi connectivity index (χ1) is 11.6. The quantitative estimate of drug-likeness (QED) is 0.927. The molecule has 1 heterocycles. The van der Waals surface area contributed by atoms with Gasteiger partial charge in [-0.3, -0.25) is 4.79 Å². The van der Waals surface area contributed by atoms with Gasteiger partial charge in [0.25, 0.3) is 0 Å². The van der Waals surface area contributed by atoms with Crippen molar-refractivity contribution < 1.29 is 13.2 Å². The molecule has 0 aromatic heterocycles. The van der Waals surface area contributed by atoms with Crippen LogP contribution in [-0.2, 0) is 14.8 Å². The highest BCUT2D eigenvalue weighted by Crippen LogP contribution is 2.26. The Balaban J connectivity index is 1.84. The molecule has 1 N–H and O–H groups in total. The minimum absolute atomic E-state index is 0.226. The summed E-state index contributed by atoms with van der Waals surface area (Å²) >= 11 is 0. The highest BCUT2D eigenvalue weighted by atomic mass is 32.2. The van der Waals surface area contributed by atoms with E-state index in [1.165, 1.54) is 4.31 Å². The molecule has 0 spiro atoms. The molecule has 1 atom stereocenters. The first kappa shape index (κ1) is 16.7. The zero-order valence-electron chi connectivity index (χ0n) is 13.3. The summed E-state index contributed by atoms with van der Waals surface area (Å²) in [4.78, 5) is 12.9. The number of amides is 1. The minimum atomic E-state index is -3.68. The Kier molecular flexibility index (Phi) is 4.97. The molecule has 0 aliphatic carbocycles. The molecule has 0 radical (unpaired) electrons. The number of hydrogen-bond acceptors (Lipinski definition) is 3. The van der Waals surface area contributed by atoms with Gasteiger partial charge in [0.15, 0.2) is 0 Å². The van der Waals surface area contributed by atoms with E-state index in [-0.39, 0.29) is 10.8 Å². The van der Waals surface area contributed by atoms with Crippen LogP contribution in [0.3, 0.4) is 0 Å². The van der Waals surface area contributed by atoms with Crippen LogP contribution in [0.25, 0.3) is 0 Å². The number of nitrogens with zero attached hydrogens (tertiary/aromatic N) is 1. The van der Waals surface area contributed by atoms with Crippen molar-refractivity contribution in [3.63, 3.8) is 0 Å². The maximum absolute atomic E-state index is 12.9. The normalized spacial score (nSPS) is 18.9. The Morgan fingerprint density at radius 3 is 2.25 bits per heavy atom. The monoisotopic (exact) mass is 344 g/mol. The Morgan fingerprint density at radius 2 is 1.58 bits per heavy atom. The number of nitrogens with one attached hydrogen (secondary N) is 1. The molecule has 3 rings (SSSR count). The zero-order chi connectivity index (χ0) is 17.0. The smallest absolute Gasteiger partial charge is 0.243 e. The third-order valence-corrected chi connectivity index (χ3v) is 6.07. The van der Waals surface area contributed by atoms with Crippen molar-refractivity contribution in [1.29, 1.82) is 0 Å². The van der Waals surface area contributed by atoms with Crippen molar-refractivity contribution in [1.82, 2.24) is 4.31 Å². The van der Waals surface area contributed by atoms with Crippen molar-refractivity contribution in [3.8, 4) is 0 Å². The van der Waals surface area contributed by atoms with E-state index >= 15 is 0 Å². The molecule has 126 valence electrons. The number of benzene rings is 2. The lowest BCUT2D eigenvalue weighted by Crippen LogP contribution is -2.49. The zero-order valence-corrected chi connectivity index (χ0v) is 14.1. The van der Waals surface area contributed by atoms with Crippen molar-refractivity contribution in [2.75, 3.05) is 11.9 Å². The molecular formula is C18H20N2O3S. The number of carbonyl (C=O) groups is 1. The lowest BCUT2D eigenvalue weighted by atomic mass is 10.0. The van der Waals surface area contributed by atoms with E-state index in [1.54, 1.807) is 42.5 Å². The molecule has 1 saturated heterocycles. The van der Waals surface area contributed by atoms with Crippen LogP contribution in [0, 0.1) is 0 Å². The average Bonchev–Trinajstić information content (AvgIpc) is 2.63. The molecule has 6 heteroatoms. The van der Waals surface area contributed by atoms with E-state index in [1.807, 2.05) is 18.2 Å². The topological polar surface area (TPSA) is 66.5 Å². The standard InChI is InChI=1S/C18H20N2O3S/c21-18(19-15-9-3-1-4-10-15)17-13-7-8-14-20(17)24(22,23)16-11-5-2-6-12-16/h1-6,9-12,17H,7-8,13-14H2,(H,19,21)/t17-/m1/s1. The van der Waals surface area contributed by atoms with Crippen LogP contribution in [0.1, 0.15) is 19.3 Å². The van der Waals surface area contributed by atoms with Gasteiger partial charge in [0, 0.05) is 12.2 Å². The molecule has 1 aliphatic rings. The van der Waals surface area contributed by atoms with E-state index in [4.69, 9.17) is 0 Å². The molecule has 24 heavy (non-hydrogen) atoms. The van der Waals surface area contributed by atoms with Crippen LogP contribution in [-0.4, -0.2) is 31.2 Å². The van der Waals surface area contributed by atoms with Gasteiger partial charge >= 0.3 is 0 Å². The minimum Gasteiger partial charge on any atom is -0.325 e. The second kappa shape index (κ2) is 7.15. The summed E-state index contributed by atoms with van der Waals surface area (Å²) < 4.78 is 27.1. The molecule has 1 aliphatic heterocycles. The molecule has 0 bridgehead atoms. The van der Waals surface area contributed by atoms with Gasteiger partial charge in [-0.1, -0.05) is 42.8 Å². The Labute approximate surface area is 142 Å². The summed E-state index contributed by atoms with van der Waals surface area (Å²) in [5.41, 5.74) is 0.671. The second-order valence-electron chi connectivity index (χ2n) is 5.80. The van der Waals surface area contributed by atoms with Crippen LogP contribution in [0.5, 0.6) is 0 Å². The molecule has 0 unspecified atom stereocenters. The van der Waals surface area contributed by atoms with Crippen LogP contribution in [0.2, 0.25) is 0 Å². The molecule has 1 amide bonds. The maximum atomic E-state index is 12.9. The van der Waals surface area contributed by atoms with Crippen LogP contribution in [0.15, 0.2) is 65.6 Å². The molecule has 1 fully saturated rings. The van der Waals surface area contributed by atoms with E-state index < -0.39 is 16.1 Å². The summed E-state index contributed by atoms with van der Waals surface area (Å²) in [7, 11) is -3.68. The fourth-order valence-electron chi connectivity index (χ4n) is 2.93. The first-order valence-electron chi connectivity index (χ1n) is 8.02. The molecule has 5 nitrogen and oxygen atoms in total. The van der Waals surface area contributed by atoms with E-state index in [0.717, 1.165) is 12.8 Å². The van der Waals surface area contributed by atoms with Gasteiger partial charge in [-0.25, -0.2) is 8.42 Å². The number of anilines is 1. The number of hydrogen-bond donors (Lipinski definition) is 1. The Hall–Kier alpha value is -2.18. The van der Waals surface area contributed by atoms with Crippen LogP contribution >= 0.6 is 0 Å². The number of carbonyl (C=O) groups excluding carboxylic acids is 1. The maximum Gasteiger partial charge on any atom is 0.243 e. The SMILES string of the molecule is O=C(Nc1ccccc1)[C@H]1CCCCN1S(=O)(=O)c1ccccc1. The summed E-state index contributed by atoms with van der Waals surface area (Å²) in [5, 5.41) is 2.82. The third kappa shape index (κ3) is 3.49.